The van der Waals surface area contributed by atoms with E-state index in [4.69, 9.17) is 53.5 Å². The molecule has 33 heteroatoms. The number of carboxylic acids is 1. The van der Waals surface area contributed by atoms with Gasteiger partial charge < -0.3 is 94.2 Å². The van der Waals surface area contributed by atoms with E-state index in [-0.39, 0.29) is 85.2 Å². The number of likely N-dealkylation sites (tertiary alicyclic amines) is 4. The van der Waals surface area contributed by atoms with Gasteiger partial charge in [-0.25, -0.2) is 48.7 Å². The van der Waals surface area contributed by atoms with Crippen LogP contribution in [0.3, 0.4) is 0 Å². The molecule has 6 aliphatic rings. The smallest absolute Gasteiger partial charge is 0.410 e. The molecule has 6 aliphatic heterocycles. The Morgan fingerprint density at radius 2 is 0.867 bits per heavy atom. The van der Waals surface area contributed by atoms with Crippen LogP contribution >= 0.6 is 0 Å². The molecule has 8 aromatic carbocycles. The number of rotatable bonds is 18. The van der Waals surface area contributed by atoms with Crippen molar-refractivity contribution in [2.45, 2.75) is 201 Å². The van der Waals surface area contributed by atoms with Crippen LogP contribution in [0.5, 0.6) is 11.5 Å². The third kappa shape index (κ3) is 19.8. The van der Waals surface area contributed by atoms with Crippen LogP contribution in [-0.4, -0.2) is 190 Å². The number of aliphatic carboxylic acids is 1. The fourth-order valence-electron chi connectivity index (χ4n) is 19.3. The molecule has 0 bridgehead atoms. The summed E-state index contributed by atoms with van der Waals surface area (Å²) >= 11 is 0. The number of carboxylic acid groups (broad SMARTS) is 1. The van der Waals surface area contributed by atoms with Crippen molar-refractivity contribution in [2.75, 3.05) is 41.5 Å². The summed E-state index contributed by atoms with van der Waals surface area (Å²) in [5.74, 6) is 3.07. The van der Waals surface area contributed by atoms with Crippen LogP contribution in [0.15, 0.2) is 158 Å². The number of nitrogens with one attached hydrogen (secondary N) is 8. The van der Waals surface area contributed by atoms with Crippen molar-refractivity contribution in [1.29, 1.82) is 0 Å². The van der Waals surface area contributed by atoms with Crippen molar-refractivity contribution in [3.8, 4) is 56.3 Å². The molecule has 10 heterocycles. The largest absolute Gasteiger partial charge is 0.488 e. The monoisotopic (exact) mass is 1840 g/mol. The minimum Gasteiger partial charge on any atom is -0.488 e. The fraction of sp³-hybridized carbons (Fsp3) is 0.402. The first-order valence-corrected chi connectivity index (χ1v) is 45.5. The third-order valence-electron chi connectivity index (χ3n) is 26.0. The van der Waals surface area contributed by atoms with Crippen molar-refractivity contribution in [2.24, 2.45) is 23.7 Å². The number of methoxy groups -OCH3 is 4. The first kappa shape index (κ1) is 95.1. The van der Waals surface area contributed by atoms with Gasteiger partial charge >= 0.3 is 36.4 Å². The Labute approximate surface area is 782 Å². The van der Waals surface area contributed by atoms with Crippen molar-refractivity contribution < 1.29 is 81.4 Å². The SMILES string of the molecule is C.COC(=O)NC(C(=O)N1C[C@@H](C)CC1c1ncc(-c2ccc3c(c2)COc2cc4c(ccc5[nH]c([C@@H]6CC[C@H](C)N6C(=O)[C@@H](NC(=O)OC)C(C)C)nc54)cc2-3)[nH]1)c1ccccc1.COC(=O)N[C@@H](C(=O)O)c1ccccc1.COC(=O)N[C@H](C(=O)N1[C@@H](C)CC[C@H]1c1nc2c(ccc3cc4c(cc32)OCc2cc(-c3cnc(C5C[C@H](C)CN5C(=O)OC(C)(C)C)[nH]3)ccc2-4)[nH]1)C(C)C. The second kappa shape index (κ2) is 39.7. The first-order valence-electron chi connectivity index (χ1n) is 45.5. The van der Waals surface area contributed by atoms with Crippen molar-refractivity contribution in [3.05, 3.63) is 204 Å². The van der Waals surface area contributed by atoms with Crippen LogP contribution < -0.4 is 30.7 Å². The highest BCUT2D eigenvalue weighted by Gasteiger charge is 2.46. The quantitative estimate of drug-likeness (QED) is 0.0360. The summed E-state index contributed by atoms with van der Waals surface area (Å²) in [7, 11) is 5.05. The van der Waals surface area contributed by atoms with E-state index in [1.54, 1.807) is 40.1 Å². The normalized spacial score (nSPS) is 19.5. The summed E-state index contributed by atoms with van der Waals surface area (Å²) < 4.78 is 37.4. The molecule has 9 N–H and O–H groups in total. The maximum absolute atomic E-state index is 14.2. The van der Waals surface area contributed by atoms with Crippen LogP contribution in [0, 0.1) is 23.7 Å². The van der Waals surface area contributed by atoms with Gasteiger partial charge in [0.05, 0.1) is 98.5 Å². The maximum atomic E-state index is 14.2. The number of aromatic amines is 4. The number of aromatic nitrogens is 8. The lowest BCUT2D eigenvalue weighted by atomic mass is 9.92. The predicted octanol–water partition coefficient (Wildman–Crippen LogP) is 18.3. The molecule has 18 rings (SSSR count). The topological polar surface area (TPSA) is 414 Å². The van der Waals surface area contributed by atoms with Gasteiger partial charge in [-0.2, -0.15) is 0 Å². The number of hydrogen-bond donors (Lipinski definition) is 9. The molecule has 708 valence electrons. The second-order valence-corrected chi connectivity index (χ2v) is 37.2. The van der Waals surface area contributed by atoms with Crippen LogP contribution in [0.25, 0.3) is 88.4 Å². The number of ether oxygens (including phenoxy) is 7. The number of nitrogens with zero attached hydrogens (tertiary/aromatic N) is 8. The number of fused-ring (bicyclic) bond motifs is 12. The van der Waals surface area contributed by atoms with Gasteiger partial charge in [0.25, 0.3) is 5.91 Å². The minimum atomic E-state index is -1.13. The molecule has 0 saturated carbocycles. The van der Waals surface area contributed by atoms with Crippen molar-refractivity contribution in [3.63, 3.8) is 0 Å². The highest BCUT2D eigenvalue weighted by atomic mass is 16.6. The predicted molar refractivity (Wildman–Crippen MR) is 508 cm³/mol. The Bertz CT molecular complexity index is 6460. The Morgan fingerprint density at radius 3 is 1.28 bits per heavy atom. The van der Waals surface area contributed by atoms with Gasteiger partial charge in [-0.3, -0.25) is 19.3 Å². The fourth-order valence-corrected chi connectivity index (χ4v) is 19.3. The lowest BCUT2D eigenvalue weighted by molar-refractivity contribution is -0.140. The molecule has 4 fully saturated rings. The molecule has 12 atom stereocenters. The molecular weight excluding hydrogens is 1720 g/mol. The summed E-state index contributed by atoms with van der Waals surface area (Å²) in [5.41, 5.74) is 13.9. The van der Waals surface area contributed by atoms with E-state index in [1.807, 2.05) is 127 Å². The lowest BCUT2D eigenvalue weighted by Gasteiger charge is -2.32. The molecule has 8 amide bonds. The molecule has 4 aromatic heterocycles. The number of amides is 8. The summed E-state index contributed by atoms with van der Waals surface area (Å²) in [6.07, 6.45) is 5.30. The summed E-state index contributed by atoms with van der Waals surface area (Å²) in [6.45, 7) is 23.6. The highest BCUT2D eigenvalue weighted by molar-refractivity contribution is 6.09. The van der Waals surface area contributed by atoms with Gasteiger partial charge in [-0.05, 0) is 201 Å². The molecular formula is C102H118N16O17. The Kier molecular flexibility index (Phi) is 28.0. The number of H-pyrrole nitrogens is 4. The summed E-state index contributed by atoms with van der Waals surface area (Å²) in [5, 5.41) is 23.3. The van der Waals surface area contributed by atoms with Gasteiger partial charge in [0.15, 0.2) is 6.04 Å². The van der Waals surface area contributed by atoms with Crippen LogP contribution in [0.4, 0.5) is 24.0 Å². The zero-order chi connectivity index (χ0) is 95.0. The van der Waals surface area contributed by atoms with Gasteiger partial charge in [-0.15, -0.1) is 0 Å². The van der Waals surface area contributed by atoms with E-state index < -0.39 is 60.1 Å². The number of alkyl carbamates (subject to hydrolysis) is 4. The van der Waals surface area contributed by atoms with Crippen LogP contribution in [0.1, 0.15) is 204 Å². The average molecular weight is 1840 g/mol. The molecule has 33 nitrogen and oxygen atoms in total. The van der Waals surface area contributed by atoms with E-state index in [0.717, 1.165) is 161 Å². The molecule has 0 aliphatic carbocycles. The van der Waals surface area contributed by atoms with Crippen LogP contribution in [0.2, 0.25) is 0 Å². The zero-order valence-electron chi connectivity index (χ0n) is 77.7. The second-order valence-electron chi connectivity index (χ2n) is 37.2. The summed E-state index contributed by atoms with van der Waals surface area (Å²) in [4.78, 5) is 155. The maximum Gasteiger partial charge on any atom is 0.410 e. The Hall–Kier alpha value is -14.5. The Morgan fingerprint density at radius 1 is 0.459 bits per heavy atom. The van der Waals surface area contributed by atoms with E-state index in [0.29, 0.717) is 55.0 Å². The molecule has 135 heavy (non-hydrogen) atoms. The summed E-state index contributed by atoms with van der Waals surface area (Å²) in [6, 6.07) is 42.5. The van der Waals surface area contributed by atoms with Gasteiger partial charge in [-0.1, -0.05) is 146 Å². The lowest BCUT2D eigenvalue weighted by Crippen LogP contribution is -2.52. The van der Waals surface area contributed by atoms with Gasteiger partial charge in [0, 0.05) is 47.1 Å². The zero-order valence-corrected chi connectivity index (χ0v) is 77.7. The Balaban J connectivity index is 0.000000178. The standard InChI is InChI=1S/C48H52N8O7.C43H51N7O6.C10H11NO4.CH4/c1-25(2)40(53-47(59)61-5)46(58)56-27(4)12-17-37(56)44-50-35-16-14-29-20-34-32-15-13-30(19-31(32)24-63-39(34)21-33(29)42(35)52-44)36-22-49-43(51-36)38-18-26(3)23-55(38)45(57)41(54-48(60)62-6)28-10-8-7-9-11-28;1-22(2)36(48-41(52)54-8)40(51)50-24(4)9-14-33(50)39-45-31-13-11-25-17-30-28-12-10-26(16-27(28)21-55-35(30)18-29(25)37(31)47-39)32-19-44-38(46-32)34-15-23(3)20-49(34)42(53)56-43(5,6)7;1-15-10(14)11-8(9(12)13)7-5-3-2-4-6-7;/h7-11,13-16,19-22,25-27,37-38,40-41H,12,17-18,23-24H2,1-6H3,(H,49,51)(H,50,52)(H,53,59)(H,54,60);10-13,16-19,22-24,33-34,36H,9,14-15,20-21H2,1-8H3,(H,44,46)(H,45,47)(H,48,52);2-6,8H,1H3,(H,11,14)(H,12,13);1H4/t26-,27-,37-,38?,40-,41?;23-,24-,33-,34?,36-;8-;/m001./s1. The minimum absolute atomic E-state index is 0. The van der Waals surface area contributed by atoms with E-state index in [1.165, 1.54) is 28.4 Å². The number of carbonyl (C=O) groups excluding carboxylic acids is 8. The number of hydrogen-bond acceptors (Lipinski definition) is 20. The molecule has 0 spiro atoms. The van der Waals surface area contributed by atoms with Crippen molar-refractivity contribution >= 4 is 97.8 Å². The number of benzene rings is 8. The molecule has 12 aromatic rings. The van der Waals surface area contributed by atoms with Gasteiger partial charge in [0.1, 0.15) is 71.7 Å². The molecule has 0 radical (unpaired) electrons. The number of imidazole rings is 4. The highest BCUT2D eigenvalue weighted by Crippen LogP contribution is 2.48. The third-order valence-corrected chi connectivity index (χ3v) is 26.0. The van der Waals surface area contributed by atoms with E-state index in [9.17, 15) is 43.2 Å². The first-order chi connectivity index (χ1) is 64.2. The average Bonchev–Trinajstić information content (AvgIpc) is 1.60. The molecule has 4 saturated heterocycles. The van der Waals surface area contributed by atoms with Crippen LogP contribution in [-0.2, 0) is 56.1 Å². The van der Waals surface area contributed by atoms with Crippen molar-refractivity contribution in [1.82, 2.24) is 80.7 Å². The van der Waals surface area contributed by atoms with Gasteiger partial charge in [0.2, 0.25) is 11.8 Å². The van der Waals surface area contributed by atoms with E-state index in [2.05, 4.69) is 133 Å². The number of carbonyl (C=O) groups is 9. The molecule has 3 unspecified atom stereocenters. The van der Waals surface area contributed by atoms with E-state index >= 15 is 0 Å².